The largest absolute Gasteiger partial charge is 0.349 e. The van der Waals surface area contributed by atoms with Gasteiger partial charge in [-0.1, -0.05) is 29.8 Å². The Morgan fingerprint density at radius 3 is 2.47 bits per heavy atom. The molecule has 0 unspecified atom stereocenters. The van der Waals surface area contributed by atoms with Gasteiger partial charge in [0.15, 0.2) is 4.80 Å². The Bertz CT molecular complexity index is 1170. The number of carbonyl (C=O) groups excluding carboxylic acids is 2. The van der Waals surface area contributed by atoms with E-state index in [2.05, 4.69) is 14.9 Å². The van der Waals surface area contributed by atoms with E-state index in [-0.39, 0.29) is 11.8 Å². The van der Waals surface area contributed by atoms with Crippen molar-refractivity contribution >= 4 is 23.2 Å². The predicted molar refractivity (Wildman–Crippen MR) is 119 cm³/mol. The van der Waals surface area contributed by atoms with Crippen molar-refractivity contribution in [3.8, 4) is 0 Å². The fourth-order valence-electron chi connectivity index (χ4n) is 3.24. The van der Waals surface area contributed by atoms with Crippen LogP contribution in [0, 0.1) is 20.8 Å². The van der Waals surface area contributed by atoms with E-state index in [4.69, 9.17) is 0 Å². The Labute approximate surface area is 180 Å². The highest BCUT2D eigenvalue weighted by atomic mass is 32.1. The lowest BCUT2D eigenvalue weighted by Crippen LogP contribution is -2.25. The van der Waals surface area contributed by atoms with Crippen LogP contribution in [0.25, 0.3) is 0 Å². The van der Waals surface area contributed by atoms with E-state index >= 15 is 0 Å². The highest BCUT2D eigenvalue weighted by Gasteiger charge is 2.23. The van der Waals surface area contributed by atoms with Crippen molar-refractivity contribution in [1.29, 1.82) is 0 Å². The molecule has 1 fully saturated rings. The van der Waals surface area contributed by atoms with Crippen LogP contribution >= 0.6 is 11.3 Å². The van der Waals surface area contributed by atoms with E-state index in [1.807, 2.05) is 63.2 Å². The number of aromatic nitrogens is 1. The number of benzene rings is 2. The molecule has 5 nitrogen and oxygen atoms in total. The normalized spacial score (nSPS) is 14.0. The molecule has 0 saturated heterocycles. The highest BCUT2D eigenvalue weighted by molar-refractivity contribution is 7.09. The summed E-state index contributed by atoms with van der Waals surface area (Å²) in [7, 11) is 0. The molecule has 6 heteroatoms. The van der Waals surface area contributed by atoms with Crippen LogP contribution in [-0.4, -0.2) is 22.4 Å². The van der Waals surface area contributed by atoms with E-state index in [1.165, 1.54) is 11.3 Å². The summed E-state index contributed by atoms with van der Waals surface area (Å²) in [5.41, 5.74) is 4.45. The fourth-order valence-corrected chi connectivity index (χ4v) is 4.21. The van der Waals surface area contributed by atoms with Gasteiger partial charge in [0, 0.05) is 27.7 Å². The molecule has 1 aliphatic rings. The summed E-state index contributed by atoms with van der Waals surface area (Å²) in [6.07, 6.45) is 2.15. The second-order valence-electron chi connectivity index (χ2n) is 7.84. The molecular formula is C24H25N3O2S. The van der Waals surface area contributed by atoms with E-state index in [0.29, 0.717) is 28.5 Å². The van der Waals surface area contributed by atoms with Gasteiger partial charge in [-0.25, -0.2) is 0 Å². The molecule has 0 aliphatic heterocycles. The average molecular weight is 420 g/mol. The molecule has 3 aromatic rings. The van der Waals surface area contributed by atoms with Crippen molar-refractivity contribution < 1.29 is 9.59 Å². The van der Waals surface area contributed by atoms with Gasteiger partial charge in [0.1, 0.15) is 0 Å². The third-order valence-electron chi connectivity index (χ3n) is 5.32. The zero-order valence-corrected chi connectivity index (χ0v) is 18.3. The van der Waals surface area contributed by atoms with Gasteiger partial charge in [-0.05, 0) is 63.4 Å². The number of carbonyl (C=O) groups is 2. The minimum absolute atomic E-state index is 0.0151. The molecule has 2 aromatic carbocycles. The number of aryl methyl sites for hydroxylation is 2. The van der Waals surface area contributed by atoms with Crippen molar-refractivity contribution in [1.82, 2.24) is 9.88 Å². The average Bonchev–Trinajstić information content (AvgIpc) is 3.51. The van der Waals surface area contributed by atoms with E-state index in [9.17, 15) is 9.59 Å². The molecule has 1 aromatic heterocycles. The summed E-state index contributed by atoms with van der Waals surface area (Å²) in [6, 6.07) is 15.5. The number of amides is 2. The predicted octanol–water partition coefficient (Wildman–Crippen LogP) is 4.16. The van der Waals surface area contributed by atoms with E-state index < -0.39 is 0 Å². The number of hydrogen-bond donors (Lipinski definition) is 1. The van der Waals surface area contributed by atoms with Gasteiger partial charge in [-0.3, -0.25) is 9.59 Å². The van der Waals surface area contributed by atoms with Crippen molar-refractivity contribution in [2.45, 2.75) is 46.2 Å². The molecule has 30 heavy (non-hydrogen) atoms. The molecule has 4 rings (SSSR count). The Kier molecular flexibility index (Phi) is 5.68. The molecular weight excluding hydrogens is 394 g/mol. The van der Waals surface area contributed by atoms with Gasteiger partial charge in [-0.15, -0.1) is 11.3 Å². The van der Waals surface area contributed by atoms with Gasteiger partial charge in [0.2, 0.25) is 0 Å². The van der Waals surface area contributed by atoms with Gasteiger partial charge >= 0.3 is 0 Å². The second-order valence-corrected chi connectivity index (χ2v) is 9.03. The molecule has 0 radical (unpaired) electrons. The maximum Gasteiger partial charge on any atom is 0.279 e. The topological polar surface area (TPSA) is 63.5 Å². The van der Waals surface area contributed by atoms with Gasteiger partial charge in [0.05, 0.1) is 6.54 Å². The number of hydrogen-bond acceptors (Lipinski definition) is 3. The third-order valence-corrected chi connectivity index (χ3v) is 6.42. The molecule has 1 heterocycles. The summed E-state index contributed by atoms with van der Waals surface area (Å²) in [5, 5.41) is 3.01. The monoisotopic (exact) mass is 419 g/mol. The molecule has 154 valence electrons. The summed E-state index contributed by atoms with van der Waals surface area (Å²) < 4.78 is 2.06. The van der Waals surface area contributed by atoms with Gasteiger partial charge in [-0.2, -0.15) is 4.99 Å². The first-order valence-electron chi connectivity index (χ1n) is 10.1. The molecule has 0 atom stereocenters. The Morgan fingerprint density at radius 2 is 1.80 bits per heavy atom. The SMILES string of the molecule is Cc1cccc(C(=O)N=c2sc(C)c(C)n2Cc2ccc(C(=O)NC3CC3)cc2)c1. The number of nitrogens with one attached hydrogen (secondary N) is 1. The molecule has 1 N–H and O–H groups in total. The van der Waals surface area contributed by atoms with E-state index in [0.717, 1.165) is 34.5 Å². The lowest BCUT2D eigenvalue weighted by molar-refractivity contribution is 0.0949. The van der Waals surface area contributed by atoms with Gasteiger partial charge in [0.25, 0.3) is 11.8 Å². The lowest BCUT2D eigenvalue weighted by Gasteiger charge is -2.08. The molecule has 2 amide bonds. The second kappa shape index (κ2) is 8.40. The maximum absolute atomic E-state index is 12.7. The van der Waals surface area contributed by atoms with E-state index in [1.54, 1.807) is 6.07 Å². The maximum atomic E-state index is 12.7. The van der Waals surface area contributed by atoms with Crippen LogP contribution in [0.15, 0.2) is 53.5 Å². The van der Waals surface area contributed by atoms with Crippen LogP contribution in [0.2, 0.25) is 0 Å². The lowest BCUT2D eigenvalue weighted by atomic mass is 10.1. The zero-order valence-electron chi connectivity index (χ0n) is 17.4. The van der Waals surface area contributed by atoms with Crippen LogP contribution in [0.3, 0.4) is 0 Å². The summed E-state index contributed by atoms with van der Waals surface area (Å²) in [6.45, 7) is 6.64. The minimum Gasteiger partial charge on any atom is -0.349 e. The smallest absolute Gasteiger partial charge is 0.279 e. The first kappa shape index (κ1) is 20.3. The number of nitrogens with zero attached hydrogens (tertiary/aromatic N) is 2. The molecule has 0 spiro atoms. The Balaban J connectivity index is 1.58. The summed E-state index contributed by atoms with van der Waals surface area (Å²) >= 11 is 1.52. The summed E-state index contributed by atoms with van der Waals surface area (Å²) in [4.78, 5) is 31.1. The van der Waals surface area contributed by atoms with Crippen LogP contribution in [-0.2, 0) is 6.54 Å². The van der Waals surface area contributed by atoms with Gasteiger partial charge < -0.3 is 9.88 Å². The van der Waals surface area contributed by atoms with Crippen molar-refractivity contribution in [3.63, 3.8) is 0 Å². The van der Waals surface area contributed by atoms with Crippen LogP contribution < -0.4 is 10.1 Å². The standard InChI is InChI=1S/C24H25N3O2S/c1-15-5-4-6-20(13-15)23(29)26-24-27(16(2)17(3)30-24)14-18-7-9-19(10-8-18)22(28)25-21-11-12-21/h4-10,13,21H,11-12,14H2,1-3H3,(H,25,28). The quantitative estimate of drug-likeness (QED) is 0.675. The van der Waals surface area contributed by atoms with Crippen LogP contribution in [0.5, 0.6) is 0 Å². The highest BCUT2D eigenvalue weighted by Crippen LogP contribution is 2.19. The third kappa shape index (κ3) is 4.60. The molecule has 0 bridgehead atoms. The van der Waals surface area contributed by atoms with Crippen LogP contribution in [0.4, 0.5) is 0 Å². The molecule has 1 saturated carbocycles. The minimum atomic E-state index is -0.235. The summed E-state index contributed by atoms with van der Waals surface area (Å²) in [5.74, 6) is -0.250. The first-order valence-corrected chi connectivity index (χ1v) is 10.9. The Morgan fingerprint density at radius 1 is 1.07 bits per heavy atom. The fraction of sp³-hybridized carbons (Fsp3) is 0.292. The van der Waals surface area contributed by atoms with Crippen molar-refractivity contribution in [2.24, 2.45) is 4.99 Å². The van der Waals surface area contributed by atoms with Crippen molar-refractivity contribution in [3.05, 3.63) is 86.2 Å². The zero-order chi connectivity index (χ0) is 21.3. The number of rotatable bonds is 5. The molecule has 1 aliphatic carbocycles. The first-order chi connectivity index (χ1) is 14.4. The van der Waals surface area contributed by atoms with Crippen LogP contribution in [0.1, 0.15) is 55.3 Å². The van der Waals surface area contributed by atoms with Crippen molar-refractivity contribution in [2.75, 3.05) is 0 Å². The Hall–Kier alpha value is -2.99. The number of thiazole rings is 1.